The van der Waals surface area contributed by atoms with Gasteiger partial charge in [-0.2, -0.15) is 0 Å². The van der Waals surface area contributed by atoms with Gasteiger partial charge in [-0.3, -0.25) is 9.13 Å². The quantitative estimate of drug-likeness (QED) is 0.369. The van der Waals surface area contributed by atoms with Gasteiger partial charge >= 0.3 is 5.69 Å². The van der Waals surface area contributed by atoms with Crippen molar-refractivity contribution in [1.29, 1.82) is 0 Å². The van der Waals surface area contributed by atoms with Crippen LogP contribution in [0.25, 0.3) is 21.9 Å². The summed E-state index contributed by atoms with van der Waals surface area (Å²) in [5.74, 6) is 0.107. The molecule has 0 aliphatic heterocycles. The first-order valence-corrected chi connectivity index (χ1v) is 13.4. The summed E-state index contributed by atoms with van der Waals surface area (Å²) >= 11 is 12.7. The average Bonchev–Trinajstić information content (AvgIpc) is 3.44. The van der Waals surface area contributed by atoms with Gasteiger partial charge in [0.15, 0.2) is 0 Å². The second kappa shape index (κ2) is 7.97. The minimum Gasteiger partial charge on any atom is -0.343 e. The van der Waals surface area contributed by atoms with Crippen molar-refractivity contribution in [3.63, 3.8) is 0 Å². The second-order valence-electron chi connectivity index (χ2n) is 8.55. The van der Waals surface area contributed by atoms with Crippen LogP contribution in [0.2, 0.25) is 10.0 Å². The first-order valence-electron chi connectivity index (χ1n) is 10.6. The van der Waals surface area contributed by atoms with E-state index < -0.39 is 9.84 Å². The lowest BCUT2D eigenvalue weighted by molar-refractivity contribution is 0.587. The first-order chi connectivity index (χ1) is 15.2. The molecule has 1 fully saturated rings. The molecule has 0 atom stereocenters. The molecule has 9 heteroatoms. The summed E-state index contributed by atoms with van der Waals surface area (Å²) < 4.78 is 29.0. The van der Waals surface area contributed by atoms with Crippen LogP contribution in [0.4, 0.5) is 0 Å². The molecule has 1 aliphatic rings. The predicted molar refractivity (Wildman–Crippen MR) is 130 cm³/mol. The van der Waals surface area contributed by atoms with Gasteiger partial charge in [-0.05, 0) is 55.7 Å². The molecule has 0 saturated heterocycles. The van der Waals surface area contributed by atoms with E-state index >= 15 is 0 Å². The molecule has 5 rings (SSSR count). The van der Waals surface area contributed by atoms with Crippen molar-refractivity contribution in [2.75, 3.05) is 12.0 Å². The Morgan fingerprint density at radius 2 is 1.81 bits per heavy atom. The molecular formula is C23H23Cl2N3O3S. The molecule has 1 saturated carbocycles. The summed E-state index contributed by atoms with van der Waals surface area (Å²) in [6.07, 6.45) is 3.70. The fourth-order valence-electron chi connectivity index (χ4n) is 4.45. The molecule has 0 amide bonds. The Morgan fingerprint density at radius 1 is 1.03 bits per heavy atom. The standard InChI is InChI=1S/C23H23Cl2N3O3S/c1-32(30,31)11-3-10-26-18(13-15-12-16(24)6-9-20(15)26)14-27-21-5-2-4-19(25)22(21)28(23(27)29)17-7-8-17/h2,4-6,9,12-13,17H,3,7-8,10-11,14H2,1H3. The largest absolute Gasteiger partial charge is 0.343 e. The Balaban J connectivity index is 1.62. The van der Waals surface area contributed by atoms with Crippen LogP contribution in [0.15, 0.2) is 47.3 Å². The summed E-state index contributed by atoms with van der Waals surface area (Å²) in [4.78, 5) is 13.4. The highest BCUT2D eigenvalue weighted by Gasteiger charge is 2.30. The molecule has 0 spiro atoms. The number of fused-ring (bicyclic) bond motifs is 2. The lowest BCUT2D eigenvalue weighted by Gasteiger charge is -2.12. The van der Waals surface area contributed by atoms with Crippen molar-refractivity contribution in [3.8, 4) is 0 Å². The molecule has 0 N–H and O–H groups in total. The third-order valence-corrected chi connectivity index (χ3v) is 7.58. The van der Waals surface area contributed by atoms with Crippen molar-refractivity contribution in [1.82, 2.24) is 13.7 Å². The van der Waals surface area contributed by atoms with Gasteiger partial charge in [0.1, 0.15) is 9.84 Å². The zero-order valence-corrected chi connectivity index (χ0v) is 19.9. The number of para-hydroxylation sites is 1. The normalized spacial score (nSPS) is 14.6. The van der Waals surface area contributed by atoms with Gasteiger partial charge in [-0.25, -0.2) is 13.2 Å². The van der Waals surface area contributed by atoms with Crippen LogP contribution < -0.4 is 5.69 Å². The Labute approximate surface area is 195 Å². The van der Waals surface area contributed by atoms with E-state index in [1.165, 1.54) is 6.26 Å². The number of aromatic nitrogens is 3. The maximum atomic E-state index is 13.4. The maximum absolute atomic E-state index is 13.4. The van der Waals surface area contributed by atoms with Crippen LogP contribution in [0.5, 0.6) is 0 Å². The molecule has 2 aromatic heterocycles. The number of rotatable bonds is 7. The summed E-state index contributed by atoms with van der Waals surface area (Å²) in [5, 5.41) is 2.17. The van der Waals surface area contributed by atoms with Crippen molar-refractivity contribution in [2.45, 2.75) is 38.4 Å². The second-order valence-corrected chi connectivity index (χ2v) is 11.7. The van der Waals surface area contributed by atoms with Crippen LogP contribution in [-0.2, 0) is 22.9 Å². The molecule has 0 radical (unpaired) electrons. The van der Waals surface area contributed by atoms with Gasteiger partial charge in [0.05, 0.1) is 28.4 Å². The number of sulfone groups is 1. The SMILES string of the molecule is CS(=O)(=O)CCCn1c(Cn2c(=O)n(C3CC3)c3c(Cl)cccc32)cc2cc(Cl)ccc21. The van der Waals surface area contributed by atoms with E-state index in [4.69, 9.17) is 23.2 Å². The van der Waals surface area contributed by atoms with E-state index in [-0.39, 0.29) is 17.5 Å². The van der Waals surface area contributed by atoms with Crippen LogP contribution in [0, 0.1) is 0 Å². The van der Waals surface area contributed by atoms with E-state index in [1.807, 2.05) is 47.0 Å². The van der Waals surface area contributed by atoms with Crippen LogP contribution >= 0.6 is 23.2 Å². The number of hydrogen-bond acceptors (Lipinski definition) is 3. The highest BCUT2D eigenvalue weighted by atomic mass is 35.5. The van der Waals surface area contributed by atoms with Crippen LogP contribution in [-0.4, -0.2) is 34.1 Å². The van der Waals surface area contributed by atoms with Crippen molar-refractivity contribution >= 4 is 55.0 Å². The summed E-state index contributed by atoms with van der Waals surface area (Å²) in [7, 11) is -3.06. The molecule has 4 aromatic rings. The minimum atomic E-state index is -3.06. The number of benzene rings is 2. The number of halogens is 2. The molecule has 2 heterocycles. The zero-order chi connectivity index (χ0) is 22.6. The van der Waals surface area contributed by atoms with Crippen LogP contribution in [0.1, 0.15) is 31.0 Å². The van der Waals surface area contributed by atoms with Gasteiger partial charge in [0.25, 0.3) is 0 Å². The number of aryl methyl sites for hydroxylation is 1. The van der Waals surface area contributed by atoms with E-state index in [0.717, 1.165) is 40.5 Å². The molecule has 2 aromatic carbocycles. The van der Waals surface area contributed by atoms with E-state index in [0.29, 0.717) is 29.6 Å². The van der Waals surface area contributed by atoms with Gasteiger partial charge < -0.3 is 4.57 Å². The zero-order valence-electron chi connectivity index (χ0n) is 17.6. The molecule has 6 nitrogen and oxygen atoms in total. The van der Waals surface area contributed by atoms with Crippen LogP contribution in [0.3, 0.4) is 0 Å². The molecule has 0 bridgehead atoms. The Morgan fingerprint density at radius 3 is 2.53 bits per heavy atom. The molecule has 0 unspecified atom stereocenters. The molecular weight excluding hydrogens is 469 g/mol. The monoisotopic (exact) mass is 491 g/mol. The third-order valence-electron chi connectivity index (χ3n) is 6.01. The predicted octanol–water partition coefficient (Wildman–Crippen LogP) is 4.88. The average molecular weight is 492 g/mol. The van der Waals surface area contributed by atoms with Gasteiger partial charge in [-0.1, -0.05) is 29.3 Å². The topological polar surface area (TPSA) is 66.0 Å². The molecule has 32 heavy (non-hydrogen) atoms. The lowest BCUT2D eigenvalue weighted by atomic mass is 10.2. The molecule has 1 aliphatic carbocycles. The fourth-order valence-corrected chi connectivity index (χ4v) is 5.55. The van der Waals surface area contributed by atoms with Crippen molar-refractivity contribution < 1.29 is 8.42 Å². The maximum Gasteiger partial charge on any atom is 0.329 e. The summed E-state index contributed by atoms with van der Waals surface area (Å²) in [6.45, 7) is 0.894. The minimum absolute atomic E-state index is 0.0680. The lowest BCUT2D eigenvalue weighted by Crippen LogP contribution is -2.25. The number of hydrogen-bond donors (Lipinski definition) is 0. The molecule has 168 valence electrons. The highest BCUT2D eigenvalue weighted by molar-refractivity contribution is 7.90. The Kier molecular flexibility index (Phi) is 5.39. The van der Waals surface area contributed by atoms with Crippen molar-refractivity contribution in [3.05, 3.63) is 68.7 Å². The number of imidazole rings is 1. The Hall–Kier alpha value is -2.22. The highest BCUT2D eigenvalue weighted by Crippen LogP contribution is 2.38. The van der Waals surface area contributed by atoms with Gasteiger partial charge in [0.2, 0.25) is 0 Å². The van der Waals surface area contributed by atoms with Crippen molar-refractivity contribution in [2.24, 2.45) is 0 Å². The van der Waals surface area contributed by atoms with Gasteiger partial charge in [0, 0.05) is 40.5 Å². The van der Waals surface area contributed by atoms with E-state index in [9.17, 15) is 13.2 Å². The third kappa shape index (κ3) is 3.98. The van der Waals surface area contributed by atoms with E-state index in [2.05, 4.69) is 4.57 Å². The fraction of sp³-hybridized carbons (Fsp3) is 0.348. The Bertz CT molecular complexity index is 1510. The number of nitrogens with zero attached hydrogens (tertiary/aromatic N) is 3. The van der Waals surface area contributed by atoms with Gasteiger partial charge in [-0.15, -0.1) is 0 Å². The smallest absolute Gasteiger partial charge is 0.329 e. The first kappa shape index (κ1) is 21.6. The summed E-state index contributed by atoms with van der Waals surface area (Å²) in [5.41, 5.74) is 3.41. The summed E-state index contributed by atoms with van der Waals surface area (Å²) in [6, 6.07) is 13.5. The van der Waals surface area contributed by atoms with E-state index in [1.54, 1.807) is 4.57 Å².